The van der Waals surface area contributed by atoms with Crippen LogP contribution in [-0.4, -0.2) is 32.1 Å². The number of carboxylic acid groups (broad SMARTS) is 1. The zero-order chi connectivity index (χ0) is 9.68. The van der Waals surface area contributed by atoms with Gasteiger partial charge in [0.1, 0.15) is 0 Å². The van der Waals surface area contributed by atoms with E-state index >= 15 is 0 Å². The van der Waals surface area contributed by atoms with Crippen LogP contribution >= 0.6 is 0 Å². The van der Waals surface area contributed by atoms with Gasteiger partial charge in [-0.1, -0.05) is 0 Å². The third kappa shape index (κ3) is 3.59. The molecule has 1 aromatic carbocycles. The number of carbonyl (C=O) groups is 1. The van der Waals surface area contributed by atoms with Crippen LogP contribution in [0.15, 0.2) is 30.3 Å². The first kappa shape index (κ1) is 10.3. The third-order valence-corrected chi connectivity index (χ3v) is 3.86. The molecule has 1 atom stereocenters. The molecule has 0 aliphatic carbocycles. The molecule has 0 spiro atoms. The quantitative estimate of drug-likeness (QED) is 0.724. The monoisotopic (exact) mass is 245 g/mol. The Morgan fingerprint density at radius 2 is 2.08 bits per heavy atom. The molecule has 0 bridgehead atoms. The van der Waals surface area contributed by atoms with Crippen LogP contribution in [0.2, 0.25) is 5.32 Å². The molecule has 0 aliphatic rings. The number of aliphatic carboxylic acids is 1. The molecular formula is C9H11NO2Se. The van der Waals surface area contributed by atoms with Crippen molar-refractivity contribution in [1.29, 1.82) is 0 Å². The van der Waals surface area contributed by atoms with Crippen molar-refractivity contribution in [2.45, 2.75) is 11.4 Å². The van der Waals surface area contributed by atoms with E-state index in [0.29, 0.717) is 5.32 Å². The average molecular weight is 244 g/mol. The van der Waals surface area contributed by atoms with Crippen molar-refractivity contribution >= 4 is 25.4 Å². The Labute approximate surface area is 83.1 Å². The fraction of sp³-hybridized carbons (Fsp3) is 0.222. The Balaban J connectivity index is 2.39. The summed E-state index contributed by atoms with van der Waals surface area (Å²) in [5.74, 6) is -0.919. The van der Waals surface area contributed by atoms with Crippen LogP contribution in [0.25, 0.3) is 0 Å². The van der Waals surface area contributed by atoms with Gasteiger partial charge < -0.3 is 0 Å². The standard InChI is InChI=1S/C9H11NO2Se/c10-8(9(11)12)6-13-7-4-2-1-3-5-7/h1-5,8H,6,10H2,(H,11,12)/t8-/m1/s1. The summed E-state index contributed by atoms with van der Waals surface area (Å²) in [6, 6.07) is 9.10. The van der Waals surface area contributed by atoms with Crippen LogP contribution in [0.4, 0.5) is 0 Å². The second kappa shape index (κ2) is 5.02. The topological polar surface area (TPSA) is 63.3 Å². The Kier molecular flexibility index (Phi) is 3.96. The predicted molar refractivity (Wildman–Crippen MR) is 52.2 cm³/mol. The molecule has 3 nitrogen and oxygen atoms in total. The van der Waals surface area contributed by atoms with Crippen molar-refractivity contribution in [3.8, 4) is 0 Å². The van der Waals surface area contributed by atoms with Crippen LogP contribution < -0.4 is 10.2 Å². The Morgan fingerprint density at radius 3 is 2.62 bits per heavy atom. The third-order valence-electron chi connectivity index (χ3n) is 1.49. The van der Waals surface area contributed by atoms with E-state index in [-0.39, 0.29) is 15.0 Å². The average Bonchev–Trinajstić information content (AvgIpc) is 2.15. The van der Waals surface area contributed by atoms with E-state index in [1.165, 1.54) is 4.46 Å². The Morgan fingerprint density at radius 1 is 1.46 bits per heavy atom. The van der Waals surface area contributed by atoms with E-state index in [9.17, 15) is 4.79 Å². The van der Waals surface area contributed by atoms with E-state index < -0.39 is 12.0 Å². The van der Waals surface area contributed by atoms with Crippen LogP contribution in [0.3, 0.4) is 0 Å². The van der Waals surface area contributed by atoms with Crippen molar-refractivity contribution in [3.05, 3.63) is 30.3 Å². The second-order valence-electron chi connectivity index (χ2n) is 2.57. The molecule has 4 heteroatoms. The van der Waals surface area contributed by atoms with E-state index in [0.717, 1.165) is 0 Å². The van der Waals surface area contributed by atoms with Gasteiger partial charge in [0, 0.05) is 0 Å². The van der Waals surface area contributed by atoms with Gasteiger partial charge in [-0.3, -0.25) is 0 Å². The molecule has 0 saturated carbocycles. The number of nitrogens with two attached hydrogens (primary N) is 1. The Bertz CT molecular complexity index is 276. The summed E-state index contributed by atoms with van der Waals surface area (Å²) in [6.07, 6.45) is 0. The number of hydrogen-bond donors (Lipinski definition) is 2. The molecule has 0 unspecified atom stereocenters. The van der Waals surface area contributed by atoms with Gasteiger partial charge in [-0.05, 0) is 0 Å². The molecule has 70 valence electrons. The van der Waals surface area contributed by atoms with Crippen molar-refractivity contribution in [2.75, 3.05) is 0 Å². The maximum atomic E-state index is 10.4. The van der Waals surface area contributed by atoms with Crippen LogP contribution in [0.1, 0.15) is 0 Å². The van der Waals surface area contributed by atoms with Crippen LogP contribution in [0, 0.1) is 0 Å². The fourth-order valence-corrected chi connectivity index (χ4v) is 2.59. The molecule has 3 N–H and O–H groups in total. The number of carboxylic acids is 1. The number of hydrogen-bond acceptors (Lipinski definition) is 2. The summed E-state index contributed by atoms with van der Waals surface area (Å²) < 4.78 is 1.19. The SMILES string of the molecule is N[C@H](C[Se]c1ccccc1)C(=O)O. The van der Waals surface area contributed by atoms with Gasteiger partial charge in [-0.2, -0.15) is 0 Å². The van der Waals surface area contributed by atoms with E-state index in [4.69, 9.17) is 10.8 Å². The maximum absolute atomic E-state index is 10.4. The first-order valence-corrected chi connectivity index (χ1v) is 5.93. The van der Waals surface area contributed by atoms with E-state index in [1.54, 1.807) is 0 Å². The summed E-state index contributed by atoms with van der Waals surface area (Å²) in [6.45, 7) is 0. The summed E-state index contributed by atoms with van der Waals surface area (Å²) in [5.41, 5.74) is 5.38. The van der Waals surface area contributed by atoms with Crippen molar-refractivity contribution in [1.82, 2.24) is 0 Å². The van der Waals surface area contributed by atoms with E-state index in [2.05, 4.69) is 0 Å². The normalized spacial score (nSPS) is 12.4. The molecular weight excluding hydrogens is 233 g/mol. The molecule has 0 heterocycles. The zero-order valence-electron chi connectivity index (χ0n) is 7.01. The first-order chi connectivity index (χ1) is 6.20. The summed E-state index contributed by atoms with van der Waals surface area (Å²) >= 11 is 0.166. The van der Waals surface area contributed by atoms with E-state index in [1.807, 2.05) is 30.3 Å². The fourth-order valence-electron chi connectivity index (χ4n) is 0.774. The van der Waals surface area contributed by atoms with Gasteiger partial charge in [-0.15, -0.1) is 0 Å². The van der Waals surface area contributed by atoms with Crippen molar-refractivity contribution in [3.63, 3.8) is 0 Å². The van der Waals surface area contributed by atoms with Gasteiger partial charge >= 0.3 is 82.7 Å². The van der Waals surface area contributed by atoms with Gasteiger partial charge in [0.25, 0.3) is 0 Å². The summed E-state index contributed by atoms with van der Waals surface area (Å²) in [5, 5.41) is 9.09. The van der Waals surface area contributed by atoms with Crippen LogP contribution in [-0.2, 0) is 4.79 Å². The van der Waals surface area contributed by atoms with Gasteiger partial charge in [-0.25, -0.2) is 0 Å². The van der Waals surface area contributed by atoms with Crippen LogP contribution in [0.5, 0.6) is 0 Å². The molecule has 0 saturated heterocycles. The summed E-state index contributed by atoms with van der Waals surface area (Å²) in [4.78, 5) is 10.4. The van der Waals surface area contributed by atoms with Gasteiger partial charge in [0.2, 0.25) is 0 Å². The molecule has 0 radical (unpaired) electrons. The minimum absolute atomic E-state index is 0.166. The molecule has 13 heavy (non-hydrogen) atoms. The number of benzene rings is 1. The molecule has 0 amide bonds. The molecule has 0 aliphatic heterocycles. The molecule has 1 rings (SSSR count). The molecule has 0 aromatic heterocycles. The van der Waals surface area contributed by atoms with Gasteiger partial charge in [0.15, 0.2) is 0 Å². The first-order valence-electron chi connectivity index (χ1n) is 3.86. The second-order valence-corrected chi connectivity index (χ2v) is 4.86. The van der Waals surface area contributed by atoms with Crippen molar-refractivity contribution in [2.24, 2.45) is 5.73 Å². The molecule has 1 aromatic rings. The Hall–Kier alpha value is -0.831. The number of rotatable bonds is 4. The predicted octanol–water partition coefficient (Wildman–Crippen LogP) is -0.154. The zero-order valence-corrected chi connectivity index (χ0v) is 8.73. The van der Waals surface area contributed by atoms with Gasteiger partial charge in [0.05, 0.1) is 0 Å². The molecule has 0 fully saturated rings. The minimum atomic E-state index is -0.919. The van der Waals surface area contributed by atoms with Crippen molar-refractivity contribution < 1.29 is 9.90 Å². The summed E-state index contributed by atoms with van der Waals surface area (Å²) in [7, 11) is 0.